The smallest absolute Gasteiger partial charge is 0.198 e. The van der Waals surface area contributed by atoms with E-state index in [9.17, 15) is 13.6 Å². The summed E-state index contributed by atoms with van der Waals surface area (Å²) < 4.78 is 28.7. The van der Waals surface area contributed by atoms with Crippen LogP contribution in [0, 0.1) is 0 Å². The van der Waals surface area contributed by atoms with Crippen LogP contribution < -0.4 is 27.0 Å². The summed E-state index contributed by atoms with van der Waals surface area (Å²) in [6.45, 7) is 6.77. The van der Waals surface area contributed by atoms with E-state index >= 15 is 0 Å². The normalized spacial score (nSPS) is 22.1. The number of nitrogens with zero attached hydrogens (tertiary/aromatic N) is 2. The van der Waals surface area contributed by atoms with Gasteiger partial charge in [-0.2, -0.15) is 0 Å². The van der Waals surface area contributed by atoms with Crippen molar-refractivity contribution in [2.24, 2.45) is 11.5 Å². The molecular weight excluding hydrogens is 390 g/mol. The lowest BCUT2D eigenvalue weighted by atomic mass is 9.85. The van der Waals surface area contributed by atoms with Crippen molar-refractivity contribution in [2.45, 2.75) is 18.8 Å². The van der Waals surface area contributed by atoms with Crippen molar-refractivity contribution < 1.29 is 13.6 Å². The molecule has 30 heavy (non-hydrogen) atoms. The van der Waals surface area contributed by atoms with E-state index in [1.807, 2.05) is 12.1 Å². The minimum atomic E-state index is -1.02. The molecule has 0 radical (unpaired) electrons. The molecule has 3 heterocycles. The summed E-state index contributed by atoms with van der Waals surface area (Å²) >= 11 is 0. The van der Waals surface area contributed by atoms with E-state index in [-0.39, 0.29) is 35.9 Å². The number of nitrogens with two attached hydrogens (primary N) is 2. The molecule has 0 saturated carbocycles. The van der Waals surface area contributed by atoms with Gasteiger partial charge in [-0.15, -0.1) is 0 Å². The Kier molecular flexibility index (Phi) is 5.29. The van der Waals surface area contributed by atoms with Crippen molar-refractivity contribution in [2.75, 3.05) is 31.2 Å². The summed E-state index contributed by atoms with van der Waals surface area (Å²) in [6.07, 6.45) is 1.66. The van der Waals surface area contributed by atoms with Gasteiger partial charge in [0, 0.05) is 55.0 Å². The third-order valence-corrected chi connectivity index (χ3v) is 5.71. The highest BCUT2D eigenvalue weighted by molar-refractivity contribution is 6.14. The summed E-state index contributed by atoms with van der Waals surface area (Å²) in [5.41, 5.74) is 12.1. The number of ketones is 1. The van der Waals surface area contributed by atoms with Crippen LogP contribution in [0.25, 0.3) is 0 Å². The molecule has 158 valence electrons. The van der Waals surface area contributed by atoms with E-state index in [0.717, 1.165) is 31.1 Å². The quantitative estimate of drug-likeness (QED) is 0.542. The second-order valence-corrected chi connectivity index (χ2v) is 7.56. The third kappa shape index (κ3) is 3.45. The Hall–Kier alpha value is -3.20. The van der Waals surface area contributed by atoms with Gasteiger partial charge in [-0.05, 0) is 18.1 Å². The summed E-state index contributed by atoms with van der Waals surface area (Å²) in [4.78, 5) is 19.6. The number of aromatic nitrogens is 1. The number of hydrogen-bond donors (Lipinski definition) is 4. The van der Waals surface area contributed by atoms with Crippen molar-refractivity contribution in [3.8, 4) is 0 Å². The molecule has 6 N–H and O–H groups in total. The predicted octanol–water partition coefficient (Wildman–Crippen LogP) is 1.59. The molecule has 9 heteroatoms. The zero-order chi connectivity index (χ0) is 21.4. The van der Waals surface area contributed by atoms with Crippen molar-refractivity contribution in [3.05, 3.63) is 70.4 Å². The Morgan fingerprint density at radius 1 is 1.27 bits per heavy atom. The van der Waals surface area contributed by atoms with Crippen LogP contribution in [-0.2, 0) is 4.79 Å². The Morgan fingerprint density at radius 3 is 2.73 bits per heavy atom. The molecule has 1 aromatic heterocycles. The molecule has 1 aliphatic carbocycles. The average molecular weight is 414 g/mol. The van der Waals surface area contributed by atoms with Gasteiger partial charge >= 0.3 is 0 Å². The number of rotatable bonds is 5. The van der Waals surface area contributed by atoms with E-state index in [1.54, 1.807) is 6.20 Å². The number of Topliss-reactive ketones (excluding diaryl/α,β-unsaturated/α-hetero) is 1. The van der Waals surface area contributed by atoms with Gasteiger partial charge in [-0.25, -0.2) is 13.8 Å². The molecule has 1 unspecified atom stereocenters. The monoisotopic (exact) mass is 414 g/mol. The van der Waals surface area contributed by atoms with Gasteiger partial charge in [-0.3, -0.25) is 10.1 Å². The van der Waals surface area contributed by atoms with Crippen LogP contribution in [0.3, 0.4) is 0 Å². The van der Waals surface area contributed by atoms with Gasteiger partial charge in [0.15, 0.2) is 11.6 Å². The van der Waals surface area contributed by atoms with E-state index in [2.05, 4.69) is 27.1 Å². The van der Waals surface area contributed by atoms with Crippen molar-refractivity contribution in [3.63, 3.8) is 0 Å². The van der Waals surface area contributed by atoms with Crippen LogP contribution in [0.1, 0.15) is 24.3 Å². The van der Waals surface area contributed by atoms with Gasteiger partial charge in [0.25, 0.3) is 0 Å². The third-order valence-electron chi connectivity index (χ3n) is 5.71. The van der Waals surface area contributed by atoms with Gasteiger partial charge < -0.3 is 21.7 Å². The SMILES string of the molecule is C=C(C(=O)C1=C(F)CCC(N)=C1F)C1=C(N)NCC1c1ccc(N2CCNC2)nc1. The Labute approximate surface area is 173 Å². The second kappa shape index (κ2) is 7.91. The molecule has 3 aliphatic rings. The van der Waals surface area contributed by atoms with Crippen LogP contribution in [0.4, 0.5) is 14.6 Å². The van der Waals surface area contributed by atoms with Gasteiger partial charge in [0.1, 0.15) is 17.5 Å². The summed E-state index contributed by atoms with van der Waals surface area (Å²) in [6, 6.07) is 3.83. The first-order valence-corrected chi connectivity index (χ1v) is 9.80. The molecule has 1 aromatic rings. The first kappa shape index (κ1) is 20.1. The second-order valence-electron chi connectivity index (χ2n) is 7.56. The fraction of sp³-hybridized carbons (Fsp3) is 0.333. The lowest BCUT2D eigenvalue weighted by molar-refractivity contribution is -0.112. The Balaban J connectivity index is 1.60. The number of halogens is 2. The maximum Gasteiger partial charge on any atom is 0.198 e. The predicted molar refractivity (Wildman–Crippen MR) is 110 cm³/mol. The highest BCUT2D eigenvalue weighted by atomic mass is 19.1. The topological polar surface area (TPSA) is 109 Å². The first-order valence-electron chi connectivity index (χ1n) is 9.80. The van der Waals surface area contributed by atoms with Crippen LogP contribution in [0.2, 0.25) is 0 Å². The van der Waals surface area contributed by atoms with Gasteiger partial charge in [0.05, 0.1) is 12.2 Å². The number of carbonyl (C=O) groups is 1. The molecule has 2 aliphatic heterocycles. The number of pyridine rings is 1. The van der Waals surface area contributed by atoms with Crippen LogP contribution in [0.15, 0.2) is 64.8 Å². The fourth-order valence-electron chi connectivity index (χ4n) is 4.00. The van der Waals surface area contributed by atoms with Crippen LogP contribution >= 0.6 is 0 Å². The van der Waals surface area contributed by atoms with E-state index in [4.69, 9.17) is 11.5 Å². The standard InChI is InChI=1S/C21H24F2N6O/c1-11(20(30)18-14(22)3-4-15(24)19(18)23)17-13(9-28-21(17)25)12-2-5-16(27-8-12)29-7-6-26-10-29/h2,5,8,13,26,28H,1,3-4,6-7,9-10,24-25H2. The number of anilines is 1. The van der Waals surface area contributed by atoms with Crippen molar-refractivity contribution in [1.82, 2.24) is 15.6 Å². The number of nitrogens with one attached hydrogen (secondary N) is 2. The molecule has 0 aromatic carbocycles. The zero-order valence-corrected chi connectivity index (χ0v) is 16.5. The Bertz CT molecular complexity index is 989. The molecule has 1 atom stereocenters. The van der Waals surface area contributed by atoms with Crippen molar-refractivity contribution >= 4 is 11.6 Å². The molecule has 0 amide bonds. The van der Waals surface area contributed by atoms with E-state index in [0.29, 0.717) is 12.1 Å². The summed E-state index contributed by atoms with van der Waals surface area (Å²) in [5.74, 6) is -1.87. The zero-order valence-electron chi connectivity index (χ0n) is 16.5. The van der Waals surface area contributed by atoms with Crippen LogP contribution in [-0.4, -0.2) is 37.1 Å². The minimum Gasteiger partial charge on any atom is -0.400 e. The maximum absolute atomic E-state index is 14.4. The molecule has 0 bridgehead atoms. The highest BCUT2D eigenvalue weighted by Crippen LogP contribution is 2.38. The van der Waals surface area contributed by atoms with E-state index in [1.165, 1.54) is 0 Å². The maximum atomic E-state index is 14.4. The molecule has 1 saturated heterocycles. The summed E-state index contributed by atoms with van der Waals surface area (Å²) in [7, 11) is 0. The lowest BCUT2D eigenvalue weighted by Gasteiger charge is -2.20. The average Bonchev–Trinajstić information content (AvgIpc) is 3.40. The number of hydrogen-bond acceptors (Lipinski definition) is 7. The largest absolute Gasteiger partial charge is 0.400 e. The fourth-order valence-corrected chi connectivity index (χ4v) is 4.00. The van der Waals surface area contributed by atoms with Gasteiger partial charge in [-0.1, -0.05) is 12.6 Å². The van der Waals surface area contributed by atoms with Crippen molar-refractivity contribution in [1.29, 1.82) is 0 Å². The van der Waals surface area contributed by atoms with E-state index < -0.39 is 23.0 Å². The first-order chi connectivity index (χ1) is 14.4. The molecule has 0 spiro atoms. The summed E-state index contributed by atoms with van der Waals surface area (Å²) in [5, 5.41) is 6.26. The van der Waals surface area contributed by atoms with Crippen LogP contribution in [0.5, 0.6) is 0 Å². The van der Waals surface area contributed by atoms with Gasteiger partial charge in [0.2, 0.25) is 0 Å². The molecular formula is C21H24F2N6O. The molecule has 1 fully saturated rings. The minimum absolute atomic E-state index is 0.0422. The molecule has 4 rings (SSSR count). The number of allylic oxidation sites excluding steroid dienone is 5. The highest BCUT2D eigenvalue weighted by Gasteiger charge is 2.35. The number of carbonyl (C=O) groups excluding carboxylic acids is 1. The Morgan fingerprint density at radius 2 is 2.07 bits per heavy atom. The molecule has 7 nitrogen and oxygen atoms in total. The lowest BCUT2D eigenvalue weighted by Crippen LogP contribution is -2.22.